The molecule has 1 N–H and O–H groups in total. The monoisotopic (exact) mass is 481 g/mol. The van der Waals surface area contributed by atoms with Crippen LogP contribution >= 0.6 is 0 Å². The lowest BCUT2D eigenvalue weighted by Crippen LogP contribution is -2.44. The maximum Gasteiger partial charge on any atom is 0.183 e. The maximum atomic E-state index is 13.3. The zero-order valence-electron chi connectivity index (χ0n) is 18.9. The molecule has 3 rings (SSSR count). The molecule has 0 amide bonds. The van der Waals surface area contributed by atoms with Crippen LogP contribution in [0.1, 0.15) is 26.3 Å². The van der Waals surface area contributed by atoms with Gasteiger partial charge in [-0.2, -0.15) is 0 Å². The Kier molecular flexibility index (Phi) is 7.21. The van der Waals surface area contributed by atoms with E-state index in [1.54, 1.807) is 55.6 Å². The van der Waals surface area contributed by atoms with Crippen molar-refractivity contribution in [1.29, 1.82) is 0 Å². The molecule has 1 fully saturated rings. The van der Waals surface area contributed by atoms with E-state index in [9.17, 15) is 16.8 Å². The third-order valence-electron chi connectivity index (χ3n) is 5.58. The maximum absolute atomic E-state index is 13.3. The van der Waals surface area contributed by atoms with Gasteiger partial charge in [-0.25, -0.2) is 16.8 Å². The summed E-state index contributed by atoms with van der Waals surface area (Å²) in [6.45, 7) is 6.74. The summed E-state index contributed by atoms with van der Waals surface area (Å²) in [5.74, 6) is 0.775. The van der Waals surface area contributed by atoms with Gasteiger partial charge in [-0.05, 0) is 47.4 Å². The van der Waals surface area contributed by atoms with Crippen molar-refractivity contribution in [2.45, 2.75) is 42.4 Å². The lowest BCUT2D eigenvalue weighted by molar-refractivity contribution is 0.307. The van der Waals surface area contributed by atoms with Gasteiger partial charge >= 0.3 is 0 Å². The molecule has 0 unspecified atom stereocenters. The van der Waals surface area contributed by atoms with Gasteiger partial charge in [0.25, 0.3) is 0 Å². The van der Waals surface area contributed by atoms with E-state index in [1.807, 2.05) is 20.8 Å². The number of rotatable bonds is 8. The summed E-state index contributed by atoms with van der Waals surface area (Å²) in [6, 6.07) is 13.1. The lowest BCUT2D eigenvalue weighted by Gasteiger charge is -2.22. The van der Waals surface area contributed by atoms with E-state index in [0.29, 0.717) is 12.3 Å². The van der Waals surface area contributed by atoms with Crippen LogP contribution in [0, 0.1) is 0 Å². The predicted octanol–water partition coefficient (Wildman–Crippen LogP) is 2.60. The molecule has 0 saturated carbocycles. The highest BCUT2D eigenvalue weighted by Crippen LogP contribution is 2.28. The van der Waals surface area contributed by atoms with Crippen LogP contribution in [0.4, 0.5) is 0 Å². The first kappa shape index (κ1) is 24.5. The highest BCUT2D eigenvalue weighted by molar-refractivity contribution is 7.96. The standard InChI is InChI=1S/C23H31NO6S2/c1-23(2,3)17-5-11-20(12-6-17)32(27,28)22-16-31(25,26)15-21(22)24-13-14-30-19-9-7-18(29-4)8-10-19/h5-12,21-22,24H,13-16H2,1-4H3/t21-,22-/m0/s1. The molecule has 2 aromatic rings. The van der Waals surface area contributed by atoms with Crippen molar-refractivity contribution in [2.75, 3.05) is 31.8 Å². The molecule has 1 heterocycles. The second kappa shape index (κ2) is 9.41. The first-order valence-electron chi connectivity index (χ1n) is 10.5. The minimum atomic E-state index is -3.81. The number of nitrogens with one attached hydrogen (secondary N) is 1. The molecule has 7 nitrogen and oxygen atoms in total. The van der Waals surface area contributed by atoms with Crippen molar-refractivity contribution >= 4 is 19.7 Å². The SMILES string of the molecule is COc1ccc(OCCN[C@H]2CS(=O)(=O)C[C@@H]2S(=O)(=O)c2ccc(C(C)(C)C)cc2)cc1. The van der Waals surface area contributed by atoms with Crippen molar-refractivity contribution in [3.63, 3.8) is 0 Å². The summed E-state index contributed by atoms with van der Waals surface area (Å²) in [4.78, 5) is 0.147. The van der Waals surface area contributed by atoms with Crippen molar-refractivity contribution < 1.29 is 26.3 Å². The first-order chi connectivity index (χ1) is 14.9. The van der Waals surface area contributed by atoms with Gasteiger partial charge in [0, 0.05) is 12.6 Å². The molecule has 2 atom stereocenters. The molecule has 1 aliphatic heterocycles. The van der Waals surface area contributed by atoms with Gasteiger partial charge in [-0.3, -0.25) is 0 Å². The number of sulfone groups is 2. The summed E-state index contributed by atoms with van der Waals surface area (Å²) in [7, 11) is -5.69. The Balaban J connectivity index is 1.67. The zero-order chi connectivity index (χ0) is 23.6. The van der Waals surface area contributed by atoms with Gasteiger partial charge in [-0.15, -0.1) is 0 Å². The lowest BCUT2D eigenvalue weighted by atomic mass is 9.87. The van der Waals surface area contributed by atoms with E-state index in [1.165, 1.54) is 0 Å². The van der Waals surface area contributed by atoms with Crippen LogP contribution in [0.25, 0.3) is 0 Å². The Morgan fingerprint density at radius 3 is 2.12 bits per heavy atom. The molecule has 1 aliphatic rings. The van der Waals surface area contributed by atoms with Crippen LogP contribution in [0.5, 0.6) is 11.5 Å². The zero-order valence-corrected chi connectivity index (χ0v) is 20.5. The molecule has 1 saturated heterocycles. The largest absolute Gasteiger partial charge is 0.497 e. The van der Waals surface area contributed by atoms with E-state index in [0.717, 1.165) is 11.3 Å². The smallest absolute Gasteiger partial charge is 0.183 e. The number of methoxy groups -OCH3 is 1. The van der Waals surface area contributed by atoms with Gasteiger partial charge in [0.1, 0.15) is 18.1 Å². The number of hydrogen-bond acceptors (Lipinski definition) is 7. The molecule has 0 bridgehead atoms. The van der Waals surface area contributed by atoms with Crippen LogP contribution in [0.2, 0.25) is 0 Å². The van der Waals surface area contributed by atoms with Crippen molar-refractivity contribution in [3.05, 3.63) is 54.1 Å². The summed E-state index contributed by atoms with van der Waals surface area (Å²) in [6.07, 6.45) is 0. The van der Waals surface area contributed by atoms with E-state index in [2.05, 4.69) is 5.32 Å². The average Bonchev–Trinajstić information content (AvgIpc) is 3.06. The second-order valence-electron chi connectivity index (χ2n) is 9.02. The highest BCUT2D eigenvalue weighted by Gasteiger charge is 2.45. The van der Waals surface area contributed by atoms with Crippen LogP contribution < -0.4 is 14.8 Å². The fourth-order valence-corrected chi connectivity index (χ4v) is 8.43. The minimum Gasteiger partial charge on any atom is -0.497 e. The van der Waals surface area contributed by atoms with Crippen LogP contribution in [0.3, 0.4) is 0 Å². The molecule has 176 valence electrons. The van der Waals surface area contributed by atoms with Crippen molar-refractivity contribution in [2.24, 2.45) is 0 Å². The minimum absolute atomic E-state index is 0.104. The normalized spacial score (nSPS) is 20.8. The number of ether oxygens (including phenoxy) is 2. The molecule has 0 aromatic heterocycles. The average molecular weight is 482 g/mol. The molecule has 0 aliphatic carbocycles. The topological polar surface area (TPSA) is 98.8 Å². The Morgan fingerprint density at radius 2 is 1.56 bits per heavy atom. The molecule has 9 heteroatoms. The van der Waals surface area contributed by atoms with E-state index in [4.69, 9.17) is 9.47 Å². The van der Waals surface area contributed by atoms with Gasteiger partial charge in [0.2, 0.25) is 0 Å². The predicted molar refractivity (Wildman–Crippen MR) is 125 cm³/mol. The molecule has 2 aromatic carbocycles. The molecule has 32 heavy (non-hydrogen) atoms. The van der Waals surface area contributed by atoms with E-state index < -0.39 is 31.0 Å². The van der Waals surface area contributed by atoms with Gasteiger partial charge in [0.05, 0.1) is 28.8 Å². The van der Waals surface area contributed by atoms with Crippen LogP contribution in [0.15, 0.2) is 53.4 Å². The Labute approximate surface area is 191 Å². The summed E-state index contributed by atoms with van der Waals surface area (Å²) in [5, 5.41) is 2.05. The Bertz CT molecular complexity index is 1120. The number of benzene rings is 2. The van der Waals surface area contributed by atoms with E-state index >= 15 is 0 Å². The Morgan fingerprint density at radius 1 is 0.969 bits per heavy atom. The Hall–Kier alpha value is -2.10. The molecular weight excluding hydrogens is 450 g/mol. The van der Waals surface area contributed by atoms with Gasteiger partial charge in [0.15, 0.2) is 19.7 Å². The molecule has 0 spiro atoms. The van der Waals surface area contributed by atoms with Gasteiger partial charge in [-0.1, -0.05) is 32.9 Å². The first-order valence-corrected chi connectivity index (χ1v) is 13.8. The second-order valence-corrected chi connectivity index (χ2v) is 13.3. The van der Waals surface area contributed by atoms with Crippen LogP contribution in [-0.2, 0) is 25.1 Å². The fourth-order valence-electron chi connectivity index (χ4n) is 3.72. The van der Waals surface area contributed by atoms with Crippen molar-refractivity contribution in [1.82, 2.24) is 5.32 Å². The third kappa shape index (κ3) is 5.82. The fraction of sp³-hybridized carbons (Fsp3) is 0.478. The quantitative estimate of drug-likeness (QED) is 0.579. The third-order valence-corrected chi connectivity index (χ3v) is 9.75. The summed E-state index contributed by atoms with van der Waals surface area (Å²) in [5.41, 5.74) is 0.910. The van der Waals surface area contributed by atoms with Gasteiger partial charge < -0.3 is 14.8 Å². The number of hydrogen-bond donors (Lipinski definition) is 1. The molecule has 0 radical (unpaired) electrons. The highest BCUT2D eigenvalue weighted by atomic mass is 32.2. The summed E-state index contributed by atoms with van der Waals surface area (Å²) < 4.78 is 61.8. The summed E-state index contributed by atoms with van der Waals surface area (Å²) >= 11 is 0. The van der Waals surface area contributed by atoms with Crippen molar-refractivity contribution in [3.8, 4) is 11.5 Å². The molecular formula is C23H31NO6S2. The van der Waals surface area contributed by atoms with Crippen LogP contribution in [-0.4, -0.2) is 59.9 Å². The van der Waals surface area contributed by atoms with E-state index in [-0.39, 0.29) is 28.4 Å².